The summed E-state index contributed by atoms with van der Waals surface area (Å²) in [6.45, 7) is 1.10. The van der Waals surface area contributed by atoms with Gasteiger partial charge < -0.3 is 20.3 Å². The van der Waals surface area contributed by atoms with Gasteiger partial charge in [0.15, 0.2) is 0 Å². The first-order valence-corrected chi connectivity index (χ1v) is 13.1. The Hall–Kier alpha value is -3.50. The van der Waals surface area contributed by atoms with Crippen LogP contribution in [0.3, 0.4) is 0 Å². The van der Waals surface area contributed by atoms with Crippen molar-refractivity contribution < 1.29 is 23.4 Å². The number of para-hydroxylation sites is 1. The molecule has 188 valence electrons. The Morgan fingerprint density at radius 2 is 1.75 bits per heavy atom. The Balaban J connectivity index is 1.21. The number of aliphatic hydroxyl groups is 2. The van der Waals surface area contributed by atoms with Crippen LogP contribution < -0.4 is 14.8 Å². The zero-order valence-electron chi connectivity index (χ0n) is 19.7. The van der Waals surface area contributed by atoms with Gasteiger partial charge in [0, 0.05) is 23.8 Å². The molecule has 1 aromatic heterocycles. The summed E-state index contributed by atoms with van der Waals surface area (Å²) < 4.78 is 33.7. The molecule has 1 atom stereocenters. The van der Waals surface area contributed by atoms with E-state index in [0.717, 1.165) is 22.0 Å². The van der Waals surface area contributed by atoms with Crippen molar-refractivity contribution in [3.63, 3.8) is 0 Å². The number of hydrogen-bond acceptors (Lipinski definition) is 7. The number of aliphatic hydroxyl groups excluding tert-OH is 2. The largest absolute Gasteiger partial charge is 0.491 e. The molecule has 0 saturated carbocycles. The first-order valence-electron chi connectivity index (χ1n) is 11.6. The molecule has 0 aliphatic carbocycles. The maximum atomic E-state index is 12.8. The van der Waals surface area contributed by atoms with E-state index in [1.165, 1.54) is 6.20 Å². The number of fused-ring (bicyclic) bond motifs is 1. The summed E-state index contributed by atoms with van der Waals surface area (Å²) in [5, 5.41) is 23.3. The number of aromatic nitrogens is 1. The molecule has 4 N–H and O–H groups in total. The molecular formula is C27H29N3O5S. The number of nitrogens with one attached hydrogen (secondary N) is 2. The third-order valence-electron chi connectivity index (χ3n) is 5.58. The third-order valence-corrected chi connectivity index (χ3v) is 6.92. The quantitative estimate of drug-likeness (QED) is 0.218. The van der Waals surface area contributed by atoms with Crippen LogP contribution in [0.15, 0.2) is 90.0 Å². The second-order valence-corrected chi connectivity index (χ2v) is 10.1. The van der Waals surface area contributed by atoms with Crippen LogP contribution in [0.4, 0.5) is 5.69 Å². The number of hydrogen-bond donors (Lipinski definition) is 4. The SMILES string of the molecule is O=S(=O)(Nc1ccc(CCNC[C@H](O)COc2cccc(CO)c2)cc1)c1cnc2ccccc2c1. The number of ether oxygens (including phenoxy) is 1. The van der Waals surface area contributed by atoms with E-state index >= 15 is 0 Å². The van der Waals surface area contributed by atoms with Crippen LogP contribution in [0.25, 0.3) is 10.9 Å². The Morgan fingerprint density at radius 3 is 2.56 bits per heavy atom. The number of anilines is 1. The lowest BCUT2D eigenvalue weighted by Crippen LogP contribution is -2.32. The van der Waals surface area contributed by atoms with Gasteiger partial charge in [-0.25, -0.2) is 8.42 Å². The number of pyridine rings is 1. The van der Waals surface area contributed by atoms with E-state index in [1.54, 1.807) is 42.5 Å². The fourth-order valence-electron chi connectivity index (χ4n) is 3.64. The van der Waals surface area contributed by atoms with Gasteiger partial charge in [0.2, 0.25) is 0 Å². The van der Waals surface area contributed by atoms with Crippen molar-refractivity contribution in [3.8, 4) is 5.75 Å². The van der Waals surface area contributed by atoms with E-state index in [1.807, 2.05) is 36.4 Å². The van der Waals surface area contributed by atoms with Crippen molar-refractivity contribution >= 4 is 26.6 Å². The van der Waals surface area contributed by atoms with Crippen LogP contribution in [0.2, 0.25) is 0 Å². The Morgan fingerprint density at radius 1 is 0.944 bits per heavy atom. The van der Waals surface area contributed by atoms with E-state index in [0.29, 0.717) is 30.9 Å². The molecule has 0 aliphatic heterocycles. The van der Waals surface area contributed by atoms with Gasteiger partial charge in [0.25, 0.3) is 10.0 Å². The van der Waals surface area contributed by atoms with Gasteiger partial charge in [-0.3, -0.25) is 9.71 Å². The minimum Gasteiger partial charge on any atom is -0.491 e. The van der Waals surface area contributed by atoms with E-state index in [9.17, 15) is 18.6 Å². The van der Waals surface area contributed by atoms with E-state index in [4.69, 9.17) is 4.74 Å². The average Bonchev–Trinajstić information content (AvgIpc) is 2.90. The van der Waals surface area contributed by atoms with Crippen LogP contribution in [0, 0.1) is 0 Å². The van der Waals surface area contributed by atoms with Gasteiger partial charge in [-0.1, -0.05) is 42.5 Å². The van der Waals surface area contributed by atoms with Crippen molar-refractivity contribution in [2.75, 3.05) is 24.4 Å². The topological polar surface area (TPSA) is 121 Å². The highest BCUT2D eigenvalue weighted by molar-refractivity contribution is 7.92. The number of nitrogens with zero attached hydrogens (tertiary/aromatic N) is 1. The Bertz CT molecular complexity index is 1390. The highest BCUT2D eigenvalue weighted by Crippen LogP contribution is 2.20. The van der Waals surface area contributed by atoms with Gasteiger partial charge in [-0.05, 0) is 60.5 Å². The first kappa shape index (κ1) is 25.6. The van der Waals surface area contributed by atoms with Gasteiger partial charge in [-0.2, -0.15) is 0 Å². The first-order chi connectivity index (χ1) is 17.4. The lowest BCUT2D eigenvalue weighted by Gasteiger charge is -2.14. The molecule has 4 aromatic rings. The lowest BCUT2D eigenvalue weighted by atomic mass is 10.1. The zero-order valence-corrected chi connectivity index (χ0v) is 20.5. The second kappa shape index (κ2) is 12.0. The minimum absolute atomic E-state index is 0.0594. The molecule has 0 fully saturated rings. The summed E-state index contributed by atoms with van der Waals surface area (Å²) in [5.74, 6) is 0.605. The molecule has 4 rings (SSSR count). The summed E-state index contributed by atoms with van der Waals surface area (Å²) >= 11 is 0. The molecule has 36 heavy (non-hydrogen) atoms. The van der Waals surface area contributed by atoms with Gasteiger partial charge in [-0.15, -0.1) is 0 Å². The summed E-state index contributed by atoms with van der Waals surface area (Å²) in [5.41, 5.74) is 2.99. The van der Waals surface area contributed by atoms with Crippen molar-refractivity contribution in [2.24, 2.45) is 0 Å². The second-order valence-electron chi connectivity index (χ2n) is 8.39. The third kappa shape index (κ3) is 7.02. The molecule has 0 aliphatic rings. The summed E-state index contributed by atoms with van der Waals surface area (Å²) in [7, 11) is -3.75. The monoisotopic (exact) mass is 507 g/mol. The molecule has 0 saturated heterocycles. The molecule has 8 nitrogen and oxygen atoms in total. The Kier molecular flexibility index (Phi) is 8.50. The number of rotatable bonds is 12. The molecule has 0 unspecified atom stereocenters. The summed E-state index contributed by atoms with van der Waals surface area (Å²) in [6, 6.07) is 23.3. The zero-order chi connectivity index (χ0) is 25.4. The van der Waals surface area contributed by atoms with Gasteiger partial charge >= 0.3 is 0 Å². The van der Waals surface area contributed by atoms with Gasteiger partial charge in [0.05, 0.1) is 12.1 Å². The Labute approximate surface area is 210 Å². The highest BCUT2D eigenvalue weighted by atomic mass is 32.2. The fraction of sp³-hybridized carbons (Fsp3) is 0.222. The van der Waals surface area contributed by atoms with E-state index in [2.05, 4.69) is 15.0 Å². The average molecular weight is 508 g/mol. The van der Waals surface area contributed by atoms with Gasteiger partial charge in [0.1, 0.15) is 23.4 Å². The fourth-order valence-corrected chi connectivity index (χ4v) is 4.68. The smallest absolute Gasteiger partial charge is 0.263 e. The molecule has 9 heteroatoms. The highest BCUT2D eigenvalue weighted by Gasteiger charge is 2.15. The minimum atomic E-state index is -3.75. The number of sulfonamides is 1. The maximum absolute atomic E-state index is 12.8. The van der Waals surface area contributed by atoms with E-state index < -0.39 is 16.1 Å². The molecule has 3 aromatic carbocycles. The molecule has 0 amide bonds. The van der Waals surface area contributed by atoms with Crippen LogP contribution in [0.5, 0.6) is 5.75 Å². The van der Waals surface area contributed by atoms with E-state index in [-0.39, 0.29) is 18.1 Å². The summed E-state index contributed by atoms with van der Waals surface area (Å²) in [6.07, 6.45) is 1.40. The predicted molar refractivity (Wildman–Crippen MR) is 139 cm³/mol. The normalized spacial score (nSPS) is 12.4. The molecule has 0 radical (unpaired) electrons. The number of benzene rings is 3. The van der Waals surface area contributed by atoms with Crippen molar-refractivity contribution in [1.29, 1.82) is 0 Å². The van der Waals surface area contributed by atoms with Crippen LogP contribution in [-0.2, 0) is 23.1 Å². The standard InChI is InChI=1S/C27H29N3O5S/c31-18-21-4-3-6-25(14-21)35-19-24(32)16-28-13-12-20-8-10-23(11-9-20)30-36(33,34)26-15-22-5-1-2-7-27(22)29-17-26/h1-11,14-15,17,24,28,30-32H,12-13,16,18-19H2/t24-/m0/s1. The molecule has 0 spiro atoms. The van der Waals surface area contributed by atoms with Crippen LogP contribution in [0.1, 0.15) is 11.1 Å². The van der Waals surface area contributed by atoms with Crippen molar-refractivity contribution in [1.82, 2.24) is 10.3 Å². The maximum Gasteiger partial charge on any atom is 0.263 e. The summed E-state index contributed by atoms with van der Waals surface area (Å²) in [4.78, 5) is 4.34. The molecular weight excluding hydrogens is 478 g/mol. The van der Waals surface area contributed by atoms with Crippen molar-refractivity contribution in [2.45, 2.75) is 24.0 Å². The van der Waals surface area contributed by atoms with Crippen LogP contribution in [-0.4, -0.2) is 49.4 Å². The van der Waals surface area contributed by atoms with Crippen molar-refractivity contribution in [3.05, 3.63) is 96.2 Å². The lowest BCUT2D eigenvalue weighted by molar-refractivity contribution is 0.106. The predicted octanol–water partition coefficient (Wildman–Crippen LogP) is 3.10. The molecule has 0 bridgehead atoms. The van der Waals surface area contributed by atoms with Crippen LogP contribution >= 0.6 is 0 Å². The molecule has 1 heterocycles.